The Morgan fingerprint density at radius 2 is 2.00 bits per heavy atom. The summed E-state index contributed by atoms with van der Waals surface area (Å²) in [4.78, 5) is 24.9. The van der Waals surface area contributed by atoms with Crippen molar-refractivity contribution in [3.8, 4) is 5.75 Å². The average molecular weight is 312 g/mol. The van der Waals surface area contributed by atoms with E-state index in [0.29, 0.717) is 23.6 Å². The van der Waals surface area contributed by atoms with Crippen molar-refractivity contribution in [2.45, 2.75) is 25.8 Å². The summed E-state index contributed by atoms with van der Waals surface area (Å²) in [5.41, 5.74) is 0. The van der Waals surface area contributed by atoms with E-state index in [1.54, 1.807) is 29.2 Å². The lowest BCUT2D eigenvalue weighted by Crippen LogP contribution is -2.49. The molecule has 2 unspecified atom stereocenters. The Hall–Kier alpha value is -1.75. The summed E-state index contributed by atoms with van der Waals surface area (Å²) < 4.78 is 5.42. The summed E-state index contributed by atoms with van der Waals surface area (Å²) in [6.45, 7) is 2.08. The molecule has 2 atom stereocenters. The van der Waals surface area contributed by atoms with Gasteiger partial charge in [-0.1, -0.05) is 11.6 Å². The highest BCUT2D eigenvalue weighted by molar-refractivity contribution is 6.30. The van der Waals surface area contributed by atoms with Crippen LogP contribution in [-0.4, -0.2) is 41.1 Å². The zero-order chi connectivity index (χ0) is 15.4. The van der Waals surface area contributed by atoms with Gasteiger partial charge >= 0.3 is 5.97 Å². The van der Waals surface area contributed by atoms with E-state index in [-0.39, 0.29) is 25.1 Å². The van der Waals surface area contributed by atoms with Crippen LogP contribution in [0.4, 0.5) is 0 Å². The summed E-state index contributed by atoms with van der Waals surface area (Å²) in [7, 11) is 0. The van der Waals surface area contributed by atoms with Crippen molar-refractivity contribution in [2.75, 3.05) is 13.2 Å². The molecule has 1 amide bonds. The van der Waals surface area contributed by atoms with E-state index in [2.05, 4.69) is 0 Å². The largest absolute Gasteiger partial charge is 0.484 e. The van der Waals surface area contributed by atoms with Gasteiger partial charge in [-0.25, -0.2) is 0 Å². The van der Waals surface area contributed by atoms with Crippen molar-refractivity contribution >= 4 is 23.5 Å². The lowest BCUT2D eigenvalue weighted by Gasteiger charge is -2.36. The first kappa shape index (κ1) is 15.6. The van der Waals surface area contributed by atoms with Gasteiger partial charge in [0.15, 0.2) is 6.61 Å². The lowest BCUT2D eigenvalue weighted by molar-refractivity contribution is -0.147. The van der Waals surface area contributed by atoms with Crippen LogP contribution in [0.1, 0.15) is 19.8 Å². The van der Waals surface area contributed by atoms with Crippen LogP contribution in [0.3, 0.4) is 0 Å². The van der Waals surface area contributed by atoms with Crippen LogP contribution < -0.4 is 4.74 Å². The number of aliphatic carboxylic acids is 1. The van der Waals surface area contributed by atoms with Gasteiger partial charge in [0.25, 0.3) is 5.91 Å². The van der Waals surface area contributed by atoms with Crippen LogP contribution in [0.15, 0.2) is 24.3 Å². The molecule has 1 heterocycles. The molecule has 6 heteroatoms. The van der Waals surface area contributed by atoms with Crippen molar-refractivity contribution in [3.05, 3.63) is 29.3 Å². The molecular weight excluding hydrogens is 294 g/mol. The molecule has 1 aromatic rings. The fourth-order valence-electron chi connectivity index (χ4n) is 2.41. The fourth-order valence-corrected chi connectivity index (χ4v) is 2.54. The predicted octanol–water partition coefficient (Wildman–Crippen LogP) is 2.43. The molecule has 114 valence electrons. The van der Waals surface area contributed by atoms with Crippen molar-refractivity contribution in [1.82, 2.24) is 4.90 Å². The molecule has 1 aliphatic heterocycles. The molecule has 1 aliphatic rings. The predicted molar refractivity (Wildman–Crippen MR) is 78.5 cm³/mol. The fraction of sp³-hybridized carbons (Fsp3) is 0.467. The molecular formula is C15H18ClNO4. The number of benzene rings is 1. The summed E-state index contributed by atoms with van der Waals surface area (Å²) in [6, 6.07) is 6.79. The highest BCUT2D eigenvalue weighted by Crippen LogP contribution is 2.22. The number of ether oxygens (including phenoxy) is 1. The van der Waals surface area contributed by atoms with E-state index in [1.165, 1.54) is 0 Å². The minimum Gasteiger partial charge on any atom is -0.484 e. The standard InChI is InChI=1S/C15H18ClNO4/c1-10-2-3-11(15(19)20)8-17(10)14(18)9-21-13-6-4-12(16)5-7-13/h4-7,10-11H,2-3,8-9H2,1H3,(H,19,20). The zero-order valence-corrected chi connectivity index (χ0v) is 12.5. The van der Waals surface area contributed by atoms with Crippen molar-refractivity contribution in [2.24, 2.45) is 5.92 Å². The molecule has 0 radical (unpaired) electrons. The van der Waals surface area contributed by atoms with E-state index >= 15 is 0 Å². The second-order valence-electron chi connectivity index (χ2n) is 5.25. The monoisotopic (exact) mass is 311 g/mol. The Kier molecular flexibility index (Phi) is 5.07. The first-order chi connectivity index (χ1) is 9.97. The quantitative estimate of drug-likeness (QED) is 0.927. The van der Waals surface area contributed by atoms with Gasteiger partial charge in [-0.15, -0.1) is 0 Å². The molecule has 2 rings (SSSR count). The van der Waals surface area contributed by atoms with Crippen LogP contribution in [0.25, 0.3) is 0 Å². The summed E-state index contributed by atoms with van der Waals surface area (Å²) >= 11 is 5.77. The number of carbonyl (C=O) groups excluding carboxylic acids is 1. The van der Waals surface area contributed by atoms with E-state index < -0.39 is 11.9 Å². The zero-order valence-electron chi connectivity index (χ0n) is 11.8. The van der Waals surface area contributed by atoms with Gasteiger partial charge in [0.05, 0.1) is 5.92 Å². The van der Waals surface area contributed by atoms with Crippen LogP contribution >= 0.6 is 11.6 Å². The van der Waals surface area contributed by atoms with E-state index in [1.807, 2.05) is 6.92 Å². The highest BCUT2D eigenvalue weighted by Gasteiger charge is 2.32. The number of rotatable bonds is 4. The average Bonchev–Trinajstić information content (AvgIpc) is 2.46. The highest BCUT2D eigenvalue weighted by atomic mass is 35.5. The Bertz CT molecular complexity index is 517. The number of piperidine rings is 1. The van der Waals surface area contributed by atoms with E-state index in [9.17, 15) is 9.59 Å². The normalized spacial score (nSPS) is 21.9. The third kappa shape index (κ3) is 4.11. The lowest BCUT2D eigenvalue weighted by atomic mass is 9.93. The number of carbonyl (C=O) groups is 2. The van der Waals surface area contributed by atoms with Gasteiger partial charge in [-0.3, -0.25) is 9.59 Å². The number of carboxylic acids is 1. The second-order valence-corrected chi connectivity index (χ2v) is 5.69. The van der Waals surface area contributed by atoms with Gasteiger partial charge < -0.3 is 14.7 Å². The maximum atomic E-state index is 12.2. The number of halogens is 1. The van der Waals surface area contributed by atoms with Gasteiger partial charge in [0.2, 0.25) is 0 Å². The van der Waals surface area contributed by atoms with Gasteiger partial charge in [0, 0.05) is 17.6 Å². The van der Waals surface area contributed by atoms with Crippen LogP contribution in [0.5, 0.6) is 5.75 Å². The number of hydrogen-bond acceptors (Lipinski definition) is 3. The van der Waals surface area contributed by atoms with Crippen molar-refractivity contribution in [1.29, 1.82) is 0 Å². The molecule has 0 bridgehead atoms. The molecule has 1 aromatic carbocycles. The van der Waals surface area contributed by atoms with Crippen LogP contribution in [-0.2, 0) is 9.59 Å². The van der Waals surface area contributed by atoms with Gasteiger partial charge in [0.1, 0.15) is 5.75 Å². The van der Waals surface area contributed by atoms with Crippen molar-refractivity contribution in [3.63, 3.8) is 0 Å². The third-order valence-electron chi connectivity index (χ3n) is 3.73. The van der Waals surface area contributed by atoms with Gasteiger partial charge in [-0.05, 0) is 44.0 Å². The number of amides is 1. The SMILES string of the molecule is CC1CCC(C(=O)O)CN1C(=O)COc1ccc(Cl)cc1. The minimum atomic E-state index is -0.849. The van der Waals surface area contributed by atoms with E-state index in [4.69, 9.17) is 21.4 Å². The smallest absolute Gasteiger partial charge is 0.308 e. The molecule has 1 saturated heterocycles. The maximum Gasteiger partial charge on any atom is 0.308 e. The Morgan fingerprint density at radius 3 is 2.62 bits per heavy atom. The van der Waals surface area contributed by atoms with Crippen LogP contribution in [0, 0.1) is 5.92 Å². The third-order valence-corrected chi connectivity index (χ3v) is 3.98. The van der Waals surface area contributed by atoms with Crippen LogP contribution in [0.2, 0.25) is 5.02 Å². The Balaban J connectivity index is 1.92. The number of carboxylic acid groups (broad SMARTS) is 1. The molecule has 21 heavy (non-hydrogen) atoms. The molecule has 1 N–H and O–H groups in total. The summed E-state index contributed by atoms with van der Waals surface area (Å²) in [5, 5.41) is 9.68. The number of likely N-dealkylation sites (tertiary alicyclic amines) is 1. The second kappa shape index (κ2) is 6.80. The molecule has 0 saturated carbocycles. The topological polar surface area (TPSA) is 66.8 Å². The Morgan fingerprint density at radius 1 is 1.33 bits per heavy atom. The molecule has 5 nitrogen and oxygen atoms in total. The summed E-state index contributed by atoms with van der Waals surface area (Å²) in [6.07, 6.45) is 1.31. The maximum absolute atomic E-state index is 12.2. The molecule has 0 spiro atoms. The Labute approximate surface area is 128 Å². The van der Waals surface area contributed by atoms with E-state index in [0.717, 1.165) is 0 Å². The number of hydrogen-bond donors (Lipinski definition) is 1. The first-order valence-corrected chi connectivity index (χ1v) is 7.26. The number of nitrogens with zero attached hydrogens (tertiary/aromatic N) is 1. The van der Waals surface area contributed by atoms with Gasteiger partial charge in [-0.2, -0.15) is 0 Å². The van der Waals surface area contributed by atoms with Crippen molar-refractivity contribution < 1.29 is 19.4 Å². The molecule has 1 fully saturated rings. The minimum absolute atomic E-state index is 0.0434. The summed E-state index contributed by atoms with van der Waals surface area (Å²) in [5.74, 6) is -0.963. The molecule has 0 aromatic heterocycles. The first-order valence-electron chi connectivity index (χ1n) is 6.88. The molecule has 0 aliphatic carbocycles.